The highest BCUT2D eigenvalue weighted by atomic mass is 32.2. The Hall–Kier alpha value is -2.38. The minimum atomic E-state index is -3.56. The number of ether oxygens (including phenoxy) is 1. The van der Waals surface area contributed by atoms with Crippen LogP contribution < -0.4 is 10.1 Å². The average Bonchev–Trinajstić information content (AvgIpc) is 3.27. The highest BCUT2D eigenvalue weighted by Gasteiger charge is 2.28. The molecule has 1 heterocycles. The summed E-state index contributed by atoms with van der Waals surface area (Å²) in [6, 6.07) is 13.7. The monoisotopic (exact) mass is 416 g/mol. The number of amides is 1. The van der Waals surface area contributed by atoms with E-state index in [1.807, 2.05) is 38.1 Å². The summed E-state index contributed by atoms with van der Waals surface area (Å²) in [5.41, 5.74) is 1.31. The Morgan fingerprint density at radius 1 is 1.07 bits per heavy atom. The lowest BCUT2D eigenvalue weighted by atomic mass is 9.95. The molecule has 1 amide bonds. The van der Waals surface area contributed by atoms with E-state index in [0.717, 1.165) is 24.2 Å². The van der Waals surface area contributed by atoms with Crippen molar-refractivity contribution in [3.05, 3.63) is 59.7 Å². The summed E-state index contributed by atoms with van der Waals surface area (Å²) in [4.78, 5) is 13.1. The molecule has 1 unspecified atom stereocenters. The summed E-state index contributed by atoms with van der Waals surface area (Å²) >= 11 is 0. The SMILES string of the molecule is COc1ccc(C(NC(=O)c2cccc(S(=O)(=O)N3CCCC3)c2)C(C)C)cc1. The van der Waals surface area contributed by atoms with Gasteiger partial charge >= 0.3 is 0 Å². The van der Waals surface area contributed by atoms with Gasteiger partial charge in [0.05, 0.1) is 18.0 Å². The van der Waals surface area contributed by atoms with Crippen molar-refractivity contribution in [1.82, 2.24) is 9.62 Å². The molecule has 1 atom stereocenters. The summed E-state index contributed by atoms with van der Waals surface area (Å²) in [5, 5.41) is 3.05. The largest absolute Gasteiger partial charge is 0.497 e. The maximum absolute atomic E-state index is 12.9. The van der Waals surface area contributed by atoms with Crippen LogP contribution in [0.4, 0.5) is 0 Å². The van der Waals surface area contributed by atoms with Crippen LogP contribution in [0.5, 0.6) is 5.75 Å². The van der Waals surface area contributed by atoms with Crippen LogP contribution in [-0.2, 0) is 10.0 Å². The second-order valence-electron chi connectivity index (χ2n) is 7.61. The number of benzene rings is 2. The number of rotatable bonds is 7. The Labute approximate surface area is 172 Å². The van der Waals surface area contributed by atoms with E-state index in [-0.39, 0.29) is 22.8 Å². The van der Waals surface area contributed by atoms with Crippen molar-refractivity contribution in [1.29, 1.82) is 0 Å². The Morgan fingerprint density at radius 3 is 2.31 bits per heavy atom. The molecule has 1 N–H and O–H groups in total. The molecule has 0 aromatic heterocycles. The molecule has 1 aliphatic heterocycles. The van der Waals surface area contributed by atoms with Crippen molar-refractivity contribution in [3.63, 3.8) is 0 Å². The van der Waals surface area contributed by atoms with Crippen molar-refractivity contribution in [2.45, 2.75) is 37.6 Å². The third-order valence-electron chi connectivity index (χ3n) is 5.23. The standard InChI is InChI=1S/C22H28N2O4S/c1-16(2)21(17-9-11-19(28-3)12-10-17)23-22(25)18-7-6-8-20(15-18)29(26,27)24-13-4-5-14-24/h6-12,15-16,21H,4-5,13-14H2,1-3H3,(H,23,25). The molecule has 6 nitrogen and oxygen atoms in total. The molecule has 29 heavy (non-hydrogen) atoms. The quantitative estimate of drug-likeness (QED) is 0.748. The molecular formula is C22H28N2O4S. The predicted molar refractivity (Wildman–Crippen MR) is 112 cm³/mol. The van der Waals surface area contributed by atoms with Gasteiger partial charge in [-0.15, -0.1) is 0 Å². The van der Waals surface area contributed by atoms with Crippen LogP contribution in [0.25, 0.3) is 0 Å². The van der Waals surface area contributed by atoms with E-state index in [4.69, 9.17) is 4.74 Å². The lowest BCUT2D eigenvalue weighted by Crippen LogP contribution is -2.32. The van der Waals surface area contributed by atoms with E-state index < -0.39 is 10.0 Å². The Morgan fingerprint density at radius 2 is 1.72 bits per heavy atom. The van der Waals surface area contributed by atoms with Crippen LogP contribution in [0.3, 0.4) is 0 Å². The maximum atomic E-state index is 12.9. The summed E-state index contributed by atoms with van der Waals surface area (Å²) in [5.74, 6) is 0.615. The van der Waals surface area contributed by atoms with Gasteiger partial charge in [-0.05, 0) is 54.7 Å². The highest BCUT2D eigenvalue weighted by Crippen LogP contribution is 2.25. The van der Waals surface area contributed by atoms with E-state index in [2.05, 4.69) is 5.32 Å². The number of carbonyl (C=O) groups excluding carboxylic acids is 1. The first kappa shape index (κ1) is 21.3. The number of nitrogens with zero attached hydrogens (tertiary/aromatic N) is 1. The van der Waals surface area contributed by atoms with Crippen LogP contribution in [0, 0.1) is 5.92 Å². The van der Waals surface area contributed by atoms with Gasteiger partial charge in [-0.2, -0.15) is 4.31 Å². The molecule has 156 valence electrons. The van der Waals surface area contributed by atoms with Gasteiger partial charge in [0.15, 0.2) is 0 Å². The van der Waals surface area contributed by atoms with E-state index in [9.17, 15) is 13.2 Å². The lowest BCUT2D eigenvalue weighted by Gasteiger charge is -2.23. The average molecular weight is 417 g/mol. The second kappa shape index (κ2) is 8.97. The molecule has 2 aromatic rings. The zero-order valence-corrected chi connectivity index (χ0v) is 17.9. The molecular weight excluding hydrogens is 388 g/mol. The molecule has 7 heteroatoms. The molecule has 0 radical (unpaired) electrons. The van der Waals surface area contributed by atoms with E-state index in [1.54, 1.807) is 25.3 Å². The van der Waals surface area contributed by atoms with Gasteiger partial charge in [-0.25, -0.2) is 8.42 Å². The predicted octanol–water partition coefficient (Wildman–Crippen LogP) is 3.61. The van der Waals surface area contributed by atoms with E-state index >= 15 is 0 Å². The first-order valence-electron chi connectivity index (χ1n) is 9.88. The summed E-state index contributed by atoms with van der Waals surface area (Å²) in [6.07, 6.45) is 1.74. The zero-order chi connectivity index (χ0) is 21.0. The Kier molecular flexibility index (Phi) is 6.59. The van der Waals surface area contributed by atoms with Crippen LogP contribution in [-0.4, -0.2) is 38.8 Å². The van der Waals surface area contributed by atoms with Gasteiger partial charge < -0.3 is 10.1 Å². The van der Waals surface area contributed by atoms with E-state index in [0.29, 0.717) is 18.7 Å². The third kappa shape index (κ3) is 4.79. The van der Waals surface area contributed by atoms with Crippen molar-refractivity contribution in [2.24, 2.45) is 5.92 Å². The third-order valence-corrected chi connectivity index (χ3v) is 7.12. The molecule has 1 fully saturated rings. The minimum Gasteiger partial charge on any atom is -0.497 e. The molecule has 3 rings (SSSR count). The molecule has 0 bridgehead atoms. The summed E-state index contributed by atoms with van der Waals surface area (Å²) in [6.45, 7) is 5.13. The molecule has 0 aliphatic carbocycles. The number of hydrogen-bond acceptors (Lipinski definition) is 4. The highest BCUT2D eigenvalue weighted by molar-refractivity contribution is 7.89. The maximum Gasteiger partial charge on any atom is 0.251 e. The lowest BCUT2D eigenvalue weighted by molar-refractivity contribution is 0.0925. The van der Waals surface area contributed by atoms with Gasteiger partial charge in [-0.1, -0.05) is 32.0 Å². The topological polar surface area (TPSA) is 75.7 Å². The molecule has 1 aliphatic rings. The van der Waals surface area contributed by atoms with Crippen molar-refractivity contribution < 1.29 is 17.9 Å². The number of hydrogen-bond donors (Lipinski definition) is 1. The van der Waals surface area contributed by atoms with Gasteiger partial charge in [0.2, 0.25) is 10.0 Å². The van der Waals surface area contributed by atoms with Crippen LogP contribution in [0.15, 0.2) is 53.4 Å². The van der Waals surface area contributed by atoms with Gasteiger partial charge in [0, 0.05) is 18.7 Å². The zero-order valence-electron chi connectivity index (χ0n) is 17.1. The smallest absolute Gasteiger partial charge is 0.251 e. The number of carbonyl (C=O) groups is 1. The van der Waals surface area contributed by atoms with Crippen molar-refractivity contribution in [3.8, 4) is 5.75 Å². The number of nitrogens with one attached hydrogen (secondary N) is 1. The van der Waals surface area contributed by atoms with Crippen molar-refractivity contribution >= 4 is 15.9 Å². The van der Waals surface area contributed by atoms with Gasteiger partial charge in [0.25, 0.3) is 5.91 Å². The normalized spacial score (nSPS) is 16.0. The fourth-order valence-corrected chi connectivity index (χ4v) is 5.11. The Bertz CT molecular complexity index is 949. The van der Waals surface area contributed by atoms with Crippen LogP contribution in [0.1, 0.15) is 48.7 Å². The van der Waals surface area contributed by atoms with Gasteiger partial charge in [-0.3, -0.25) is 4.79 Å². The fourth-order valence-electron chi connectivity index (χ4n) is 3.55. The minimum absolute atomic E-state index is 0.156. The van der Waals surface area contributed by atoms with Gasteiger partial charge in [0.1, 0.15) is 5.75 Å². The van der Waals surface area contributed by atoms with Crippen molar-refractivity contribution in [2.75, 3.05) is 20.2 Å². The molecule has 1 saturated heterocycles. The fraction of sp³-hybridized carbons (Fsp3) is 0.409. The Balaban J connectivity index is 1.81. The summed E-state index contributed by atoms with van der Waals surface area (Å²) in [7, 11) is -1.95. The molecule has 0 spiro atoms. The van der Waals surface area contributed by atoms with E-state index in [1.165, 1.54) is 10.4 Å². The first-order valence-corrected chi connectivity index (χ1v) is 11.3. The number of methoxy groups -OCH3 is 1. The molecule has 0 saturated carbocycles. The van der Waals surface area contributed by atoms with Crippen LogP contribution in [0.2, 0.25) is 0 Å². The van der Waals surface area contributed by atoms with Crippen LogP contribution >= 0.6 is 0 Å². The second-order valence-corrected chi connectivity index (χ2v) is 9.55. The number of sulfonamides is 1. The first-order chi connectivity index (χ1) is 13.8. The summed E-state index contributed by atoms with van der Waals surface area (Å²) < 4.78 is 32.3. The molecule has 2 aromatic carbocycles.